The number of aliphatic hydroxyl groups excluding tert-OH is 3. The summed E-state index contributed by atoms with van der Waals surface area (Å²) < 4.78 is 7.34. The average Bonchev–Trinajstić information content (AvgIpc) is 3.30. The van der Waals surface area contributed by atoms with E-state index in [1.54, 1.807) is 0 Å². The van der Waals surface area contributed by atoms with E-state index in [2.05, 4.69) is 15.0 Å². The molecule has 1 aliphatic heterocycles. The van der Waals surface area contributed by atoms with Gasteiger partial charge in [-0.05, 0) is 22.6 Å². The van der Waals surface area contributed by atoms with E-state index in [1.165, 1.54) is 41.1 Å². The van der Waals surface area contributed by atoms with Gasteiger partial charge < -0.3 is 25.2 Å². The molecule has 0 spiro atoms. The summed E-state index contributed by atoms with van der Waals surface area (Å²) in [5, 5.41) is 51.4. The number of imidazole rings is 1. The Balaban J connectivity index is 1.62. The van der Waals surface area contributed by atoms with Gasteiger partial charge in [0.2, 0.25) is 0 Å². The number of fused-ring (bicyclic) bond motifs is 1. The first kappa shape index (κ1) is 22.1. The third-order valence-electron chi connectivity index (χ3n) is 4.82. The van der Waals surface area contributed by atoms with Gasteiger partial charge in [0.05, 0.1) is 21.4 Å². The Morgan fingerprint density at radius 1 is 1.26 bits per heavy atom. The van der Waals surface area contributed by atoms with Crippen molar-refractivity contribution in [1.82, 2.24) is 19.5 Å². The number of aromatic hydroxyl groups is 1. The van der Waals surface area contributed by atoms with Crippen molar-refractivity contribution in [2.75, 3.05) is 6.61 Å². The van der Waals surface area contributed by atoms with Crippen molar-refractivity contribution in [1.29, 1.82) is 0 Å². The zero-order chi connectivity index (χ0) is 22.3. The third kappa shape index (κ3) is 4.06. The van der Waals surface area contributed by atoms with Gasteiger partial charge in [-0.1, -0.05) is 11.8 Å². The smallest absolute Gasteiger partial charge is 0.271 e. The summed E-state index contributed by atoms with van der Waals surface area (Å²) in [5.74, 6) is 0.150. The van der Waals surface area contributed by atoms with Crippen LogP contribution in [-0.2, 0) is 10.5 Å². The van der Waals surface area contributed by atoms with Gasteiger partial charge in [-0.25, -0.2) is 15.0 Å². The average molecular weight is 561 g/mol. The summed E-state index contributed by atoms with van der Waals surface area (Å²) in [5.41, 5.74) is 0.979. The van der Waals surface area contributed by atoms with Crippen LogP contribution in [0.15, 0.2) is 29.8 Å². The molecule has 0 saturated carbocycles. The van der Waals surface area contributed by atoms with Crippen LogP contribution >= 0.6 is 34.4 Å². The zero-order valence-electron chi connectivity index (χ0n) is 15.6. The van der Waals surface area contributed by atoms with Crippen LogP contribution < -0.4 is 0 Å². The van der Waals surface area contributed by atoms with Crippen molar-refractivity contribution in [2.24, 2.45) is 0 Å². The standard InChI is InChI=1S/C17H16IN5O7S/c18-9-2-8(23(28)29)1-7(12(9)25)4-31-16-11-15(19-5-20-16)22(6-21-11)17-14(27)13(26)10(3-24)30-17/h1-2,5-6,10,13-14,17,24-27H,3-4H2/t10-,13-,14-,17-/m1/s1. The number of hydrogen-bond donors (Lipinski definition) is 4. The number of nitro benzene ring substituents is 1. The fourth-order valence-corrected chi connectivity index (χ4v) is 4.81. The lowest BCUT2D eigenvalue weighted by Gasteiger charge is -2.16. The van der Waals surface area contributed by atoms with Gasteiger partial charge in [0.25, 0.3) is 5.69 Å². The fraction of sp³-hybridized carbons (Fsp3) is 0.353. The Morgan fingerprint density at radius 3 is 2.71 bits per heavy atom. The normalized spacial score (nSPS) is 23.5. The number of phenolic OH excluding ortho intramolecular Hbond substituents is 1. The molecule has 1 aliphatic rings. The molecule has 164 valence electrons. The number of benzene rings is 1. The molecule has 31 heavy (non-hydrogen) atoms. The summed E-state index contributed by atoms with van der Waals surface area (Å²) in [6.45, 7) is -0.455. The Kier molecular flexibility index (Phi) is 6.27. The number of hydrogen-bond acceptors (Lipinski definition) is 11. The highest BCUT2D eigenvalue weighted by Crippen LogP contribution is 2.36. The molecule has 1 fully saturated rings. The van der Waals surface area contributed by atoms with E-state index < -0.39 is 36.1 Å². The monoisotopic (exact) mass is 561 g/mol. The van der Waals surface area contributed by atoms with E-state index in [-0.39, 0.29) is 17.2 Å². The van der Waals surface area contributed by atoms with Crippen molar-refractivity contribution in [3.8, 4) is 5.75 Å². The fourth-order valence-electron chi connectivity index (χ4n) is 3.23. The predicted octanol–water partition coefficient (Wildman–Crippen LogP) is 0.948. The molecule has 0 aliphatic carbocycles. The SMILES string of the molecule is O=[N+]([O-])c1cc(I)c(O)c(CSc2ncnc3c2ncn3[C@@H]2O[C@H](CO)[C@@H](O)[C@H]2O)c1. The molecule has 1 aromatic carbocycles. The second-order valence-corrected chi connectivity index (χ2v) is 8.84. The minimum Gasteiger partial charge on any atom is -0.507 e. The maximum absolute atomic E-state index is 11.1. The molecule has 2 aromatic heterocycles. The molecule has 1 saturated heterocycles. The lowest BCUT2D eigenvalue weighted by molar-refractivity contribution is -0.385. The Morgan fingerprint density at radius 2 is 2.03 bits per heavy atom. The molecule has 0 unspecified atom stereocenters. The molecule has 0 amide bonds. The molecule has 12 nitrogen and oxygen atoms in total. The predicted molar refractivity (Wildman–Crippen MR) is 115 cm³/mol. The van der Waals surface area contributed by atoms with Crippen LogP contribution in [0.4, 0.5) is 5.69 Å². The van der Waals surface area contributed by atoms with Gasteiger partial charge in [-0.2, -0.15) is 0 Å². The summed E-state index contributed by atoms with van der Waals surface area (Å²) in [6.07, 6.45) is -1.80. The topological polar surface area (TPSA) is 177 Å². The maximum Gasteiger partial charge on any atom is 0.271 e. The van der Waals surface area contributed by atoms with Crippen LogP contribution in [0, 0.1) is 13.7 Å². The number of aliphatic hydroxyl groups is 3. The number of non-ortho nitro benzene ring substituents is 1. The Hall–Kier alpha value is -2.11. The minimum absolute atomic E-state index is 0.0407. The molecular formula is C17H16IN5O7S. The highest BCUT2D eigenvalue weighted by molar-refractivity contribution is 14.1. The molecule has 0 bridgehead atoms. The largest absolute Gasteiger partial charge is 0.507 e. The van der Waals surface area contributed by atoms with Crippen LogP contribution in [0.2, 0.25) is 0 Å². The highest BCUT2D eigenvalue weighted by Gasteiger charge is 2.44. The Labute approximate surface area is 192 Å². The van der Waals surface area contributed by atoms with Crippen LogP contribution in [-0.4, -0.2) is 69.8 Å². The first-order valence-electron chi connectivity index (χ1n) is 8.90. The van der Waals surface area contributed by atoms with Crippen LogP contribution in [0.1, 0.15) is 11.8 Å². The number of ether oxygens (including phenoxy) is 1. The zero-order valence-corrected chi connectivity index (χ0v) is 18.5. The number of halogens is 1. The first-order valence-corrected chi connectivity index (χ1v) is 11.0. The quantitative estimate of drug-likeness (QED) is 0.111. The minimum atomic E-state index is -1.29. The number of nitrogens with zero attached hydrogens (tertiary/aromatic N) is 5. The van der Waals surface area contributed by atoms with Gasteiger partial charge in [0, 0.05) is 23.4 Å². The molecule has 3 aromatic rings. The highest BCUT2D eigenvalue weighted by atomic mass is 127. The number of nitro groups is 1. The van der Waals surface area contributed by atoms with E-state index in [9.17, 15) is 30.5 Å². The van der Waals surface area contributed by atoms with Gasteiger partial charge >= 0.3 is 0 Å². The molecule has 3 heterocycles. The number of aromatic nitrogens is 4. The van der Waals surface area contributed by atoms with Crippen molar-refractivity contribution in [2.45, 2.75) is 35.3 Å². The van der Waals surface area contributed by atoms with Gasteiger partial charge in [0.1, 0.15) is 40.9 Å². The van der Waals surface area contributed by atoms with E-state index >= 15 is 0 Å². The molecule has 4 N–H and O–H groups in total. The van der Waals surface area contributed by atoms with Crippen molar-refractivity contribution < 1.29 is 30.1 Å². The second-order valence-electron chi connectivity index (χ2n) is 6.71. The summed E-state index contributed by atoms with van der Waals surface area (Å²) in [4.78, 5) is 23.2. The second kappa shape index (κ2) is 8.79. The van der Waals surface area contributed by atoms with E-state index in [0.29, 0.717) is 25.3 Å². The number of phenols is 1. The molecule has 4 rings (SSSR count). The van der Waals surface area contributed by atoms with Crippen molar-refractivity contribution in [3.05, 3.63) is 44.0 Å². The maximum atomic E-state index is 11.1. The van der Waals surface area contributed by atoms with E-state index in [0.717, 1.165) is 0 Å². The molecular weight excluding hydrogens is 545 g/mol. The Bertz CT molecular complexity index is 1150. The van der Waals surface area contributed by atoms with Crippen molar-refractivity contribution >= 4 is 51.2 Å². The molecule has 14 heteroatoms. The van der Waals surface area contributed by atoms with Gasteiger partial charge in [-0.15, -0.1) is 0 Å². The third-order valence-corrected chi connectivity index (χ3v) is 6.67. The van der Waals surface area contributed by atoms with E-state index in [4.69, 9.17) is 4.74 Å². The number of thioether (sulfide) groups is 1. The van der Waals surface area contributed by atoms with E-state index in [1.807, 2.05) is 22.6 Å². The number of rotatable bonds is 6. The first-order chi connectivity index (χ1) is 14.8. The van der Waals surface area contributed by atoms with Crippen LogP contribution in [0.25, 0.3) is 11.2 Å². The summed E-state index contributed by atoms with van der Waals surface area (Å²) >= 11 is 3.03. The molecule has 4 atom stereocenters. The summed E-state index contributed by atoms with van der Waals surface area (Å²) in [7, 11) is 0. The lowest BCUT2D eigenvalue weighted by atomic mass is 10.1. The van der Waals surface area contributed by atoms with Gasteiger partial charge in [-0.3, -0.25) is 14.7 Å². The van der Waals surface area contributed by atoms with Crippen LogP contribution in [0.3, 0.4) is 0 Å². The molecule has 0 radical (unpaired) electrons. The van der Waals surface area contributed by atoms with Gasteiger partial charge in [0.15, 0.2) is 11.9 Å². The van der Waals surface area contributed by atoms with Crippen LogP contribution in [0.5, 0.6) is 5.75 Å². The van der Waals surface area contributed by atoms with Crippen molar-refractivity contribution in [3.63, 3.8) is 0 Å². The summed E-state index contributed by atoms with van der Waals surface area (Å²) in [6, 6.07) is 2.59. The lowest BCUT2D eigenvalue weighted by Crippen LogP contribution is -2.33.